The molecule has 9 heteroatoms. The number of aromatic nitrogens is 2. The van der Waals surface area contributed by atoms with Crippen molar-refractivity contribution in [2.24, 2.45) is 11.5 Å². The number of nitrogens with two attached hydrogens (primary N) is 2. The number of carbonyl (C=O) groups excluding carboxylic acids is 2. The lowest BCUT2D eigenvalue weighted by molar-refractivity contribution is -0.116. The van der Waals surface area contributed by atoms with E-state index < -0.39 is 5.91 Å². The zero-order valence-corrected chi connectivity index (χ0v) is 12.9. The molecule has 21 heavy (non-hydrogen) atoms. The molecule has 0 radical (unpaired) electrons. The Morgan fingerprint density at radius 1 is 1.52 bits per heavy atom. The van der Waals surface area contributed by atoms with Crippen LogP contribution < -0.4 is 16.8 Å². The first-order valence-electron chi connectivity index (χ1n) is 5.95. The number of rotatable bonds is 5. The summed E-state index contributed by atoms with van der Waals surface area (Å²) in [5.41, 5.74) is 12.4. The van der Waals surface area contributed by atoms with Crippen molar-refractivity contribution in [2.45, 2.75) is 19.4 Å². The molecule has 0 bridgehead atoms. The predicted molar refractivity (Wildman–Crippen MR) is 84.6 cm³/mol. The molecular weight excluding hydrogens is 314 g/mol. The zero-order valence-electron chi connectivity index (χ0n) is 11.3. The monoisotopic (exact) mass is 329 g/mol. The first kappa shape index (κ1) is 17.2. The Balaban J connectivity index is 0.00000220. The molecule has 0 spiro atoms. The molecule has 1 atom stereocenters. The number of nitrogens with zero attached hydrogens (tertiary/aromatic N) is 1. The lowest BCUT2D eigenvalue weighted by atomic mass is 10.2. The van der Waals surface area contributed by atoms with Crippen molar-refractivity contribution < 1.29 is 9.59 Å². The van der Waals surface area contributed by atoms with Gasteiger partial charge >= 0.3 is 0 Å². The van der Waals surface area contributed by atoms with Crippen molar-refractivity contribution >= 4 is 40.7 Å². The predicted octanol–water partition coefficient (Wildman–Crippen LogP) is 1.33. The number of hydrogen-bond acceptors (Lipinski definition) is 5. The summed E-state index contributed by atoms with van der Waals surface area (Å²) in [7, 11) is 0. The SMILES string of the molecule is CC(N)CC(=O)Nc1nc(-c2c[nH]c(C(N)=O)c2)cs1.Cl. The molecule has 0 aliphatic carbocycles. The summed E-state index contributed by atoms with van der Waals surface area (Å²) in [5, 5.41) is 4.96. The molecule has 2 heterocycles. The highest BCUT2D eigenvalue weighted by Crippen LogP contribution is 2.25. The molecule has 114 valence electrons. The summed E-state index contributed by atoms with van der Waals surface area (Å²) in [4.78, 5) is 29.6. The summed E-state index contributed by atoms with van der Waals surface area (Å²) in [5.74, 6) is -0.704. The maximum absolute atomic E-state index is 11.6. The maximum Gasteiger partial charge on any atom is 0.265 e. The fraction of sp³-hybridized carbons (Fsp3) is 0.250. The van der Waals surface area contributed by atoms with E-state index in [0.717, 1.165) is 5.56 Å². The van der Waals surface area contributed by atoms with Crippen LogP contribution in [0, 0.1) is 0 Å². The van der Waals surface area contributed by atoms with E-state index in [0.29, 0.717) is 16.5 Å². The number of primary amides is 1. The van der Waals surface area contributed by atoms with Gasteiger partial charge < -0.3 is 21.8 Å². The molecule has 0 saturated heterocycles. The summed E-state index contributed by atoms with van der Waals surface area (Å²) in [6, 6.07) is 1.42. The number of halogens is 1. The van der Waals surface area contributed by atoms with E-state index in [9.17, 15) is 9.59 Å². The minimum Gasteiger partial charge on any atom is -0.364 e. The number of aromatic amines is 1. The third-order valence-electron chi connectivity index (χ3n) is 2.50. The quantitative estimate of drug-likeness (QED) is 0.660. The van der Waals surface area contributed by atoms with Gasteiger partial charge in [0.2, 0.25) is 5.91 Å². The molecule has 0 aliphatic heterocycles. The van der Waals surface area contributed by atoms with E-state index in [1.807, 2.05) is 0 Å². The van der Waals surface area contributed by atoms with Gasteiger partial charge in [-0.3, -0.25) is 9.59 Å². The van der Waals surface area contributed by atoms with Gasteiger partial charge in [-0.25, -0.2) is 4.98 Å². The zero-order chi connectivity index (χ0) is 14.7. The molecular formula is C12H16ClN5O2S. The third kappa shape index (κ3) is 4.55. The van der Waals surface area contributed by atoms with Crippen LogP contribution in [-0.4, -0.2) is 27.8 Å². The van der Waals surface area contributed by atoms with Gasteiger partial charge in [0.1, 0.15) is 5.69 Å². The van der Waals surface area contributed by atoms with Crippen molar-refractivity contribution in [2.75, 3.05) is 5.32 Å². The molecule has 6 N–H and O–H groups in total. The number of amides is 2. The van der Waals surface area contributed by atoms with E-state index in [-0.39, 0.29) is 30.8 Å². The van der Waals surface area contributed by atoms with Crippen LogP contribution >= 0.6 is 23.7 Å². The number of thiazole rings is 1. The highest BCUT2D eigenvalue weighted by atomic mass is 35.5. The Hall–Kier alpha value is -1.90. The van der Waals surface area contributed by atoms with Gasteiger partial charge in [-0.2, -0.15) is 0 Å². The molecule has 7 nitrogen and oxygen atoms in total. The molecule has 0 saturated carbocycles. The van der Waals surface area contributed by atoms with Gasteiger partial charge in [0, 0.05) is 29.6 Å². The lowest BCUT2D eigenvalue weighted by Gasteiger charge is -2.03. The smallest absolute Gasteiger partial charge is 0.265 e. The van der Waals surface area contributed by atoms with Crippen LogP contribution in [0.2, 0.25) is 0 Å². The first-order chi connectivity index (χ1) is 9.45. The minimum absolute atomic E-state index is 0. The summed E-state index contributed by atoms with van der Waals surface area (Å²) < 4.78 is 0. The number of anilines is 1. The van der Waals surface area contributed by atoms with Gasteiger partial charge in [0.25, 0.3) is 5.91 Å². The van der Waals surface area contributed by atoms with E-state index in [2.05, 4.69) is 15.3 Å². The number of hydrogen-bond donors (Lipinski definition) is 4. The van der Waals surface area contributed by atoms with Crippen LogP contribution in [0.3, 0.4) is 0 Å². The van der Waals surface area contributed by atoms with Crippen molar-refractivity contribution in [3.8, 4) is 11.3 Å². The largest absolute Gasteiger partial charge is 0.364 e. The van der Waals surface area contributed by atoms with E-state index >= 15 is 0 Å². The number of carbonyl (C=O) groups is 2. The molecule has 2 rings (SSSR count). The second kappa shape index (κ2) is 7.21. The molecule has 2 amide bonds. The van der Waals surface area contributed by atoms with Crippen LogP contribution in [0.5, 0.6) is 0 Å². The first-order valence-corrected chi connectivity index (χ1v) is 6.83. The average molecular weight is 330 g/mol. The topological polar surface area (TPSA) is 127 Å². The van der Waals surface area contributed by atoms with Crippen LogP contribution in [0.1, 0.15) is 23.8 Å². The Morgan fingerprint density at radius 3 is 2.81 bits per heavy atom. The van der Waals surface area contributed by atoms with Crippen LogP contribution in [0.4, 0.5) is 5.13 Å². The minimum atomic E-state index is -0.531. The summed E-state index contributed by atoms with van der Waals surface area (Å²) in [6.45, 7) is 1.76. The van der Waals surface area contributed by atoms with Gasteiger partial charge in [0.05, 0.1) is 5.69 Å². The lowest BCUT2D eigenvalue weighted by Crippen LogP contribution is -2.23. The Kier molecular flexibility index (Phi) is 5.89. The van der Waals surface area contributed by atoms with Gasteiger partial charge in [-0.1, -0.05) is 0 Å². The van der Waals surface area contributed by atoms with Crippen LogP contribution in [0.25, 0.3) is 11.3 Å². The molecule has 0 aliphatic rings. The summed E-state index contributed by atoms with van der Waals surface area (Å²) >= 11 is 1.30. The average Bonchev–Trinajstić information content (AvgIpc) is 2.94. The normalized spacial score (nSPS) is 11.5. The fourth-order valence-corrected chi connectivity index (χ4v) is 2.35. The van der Waals surface area contributed by atoms with Crippen LogP contribution in [0.15, 0.2) is 17.6 Å². The van der Waals surface area contributed by atoms with Gasteiger partial charge in [0.15, 0.2) is 5.13 Å². The Labute approximate surface area is 131 Å². The molecule has 0 fully saturated rings. The van der Waals surface area contributed by atoms with E-state index in [1.54, 1.807) is 24.6 Å². The standard InChI is InChI=1S/C12H15N5O2S.ClH/c1-6(13)2-10(18)17-12-16-9(5-20-12)7-3-8(11(14)19)15-4-7;/h3-6,15H,2,13H2,1H3,(H2,14,19)(H,16,17,18);1H. The highest BCUT2D eigenvalue weighted by Gasteiger charge is 2.11. The Bertz CT molecular complexity index is 637. The third-order valence-corrected chi connectivity index (χ3v) is 3.26. The van der Waals surface area contributed by atoms with Gasteiger partial charge in [-0.15, -0.1) is 23.7 Å². The van der Waals surface area contributed by atoms with Crippen molar-refractivity contribution in [1.82, 2.24) is 9.97 Å². The molecule has 2 aromatic heterocycles. The van der Waals surface area contributed by atoms with Crippen molar-refractivity contribution in [3.05, 3.63) is 23.3 Å². The number of nitrogens with one attached hydrogen (secondary N) is 2. The second-order valence-electron chi connectivity index (χ2n) is 4.43. The summed E-state index contributed by atoms with van der Waals surface area (Å²) in [6.07, 6.45) is 1.88. The molecule has 1 unspecified atom stereocenters. The van der Waals surface area contributed by atoms with Crippen LogP contribution in [-0.2, 0) is 4.79 Å². The number of H-pyrrole nitrogens is 1. The molecule has 0 aromatic carbocycles. The van der Waals surface area contributed by atoms with Crippen molar-refractivity contribution in [3.63, 3.8) is 0 Å². The van der Waals surface area contributed by atoms with Crippen molar-refractivity contribution in [1.29, 1.82) is 0 Å². The maximum atomic E-state index is 11.6. The van der Waals surface area contributed by atoms with Gasteiger partial charge in [-0.05, 0) is 13.0 Å². The fourth-order valence-electron chi connectivity index (χ4n) is 1.61. The van der Waals surface area contributed by atoms with E-state index in [4.69, 9.17) is 11.5 Å². The second-order valence-corrected chi connectivity index (χ2v) is 5.29. The highest BCUT2D eigenvalue weighted by molar-refractivity contribution is 7.14. The Morgan fingerprint density at radius 2 is 2.24 bits per heavy atom. The molecule has 2 aromatic rings. The van der Waals surface area contributed by atoms with E-state index in [1.165, 1.54) is 11.3 Å².